The highest BCUT2D eigenvalue weighted by Crippen LogP contribution is 2.40. The summed E-state index contributed by atoms with van der Waals surface area (Å²) in [6.45, 7) is 0.238. The van der Waals surface area contributed by atoms with Gasteiger partial charge in [-0.15, -0.1) is 0 Å². The van der Waals surface area contributed by atoms with Crippen LogP contribution < -0.4 is 5.32 Å². The number of rotatable bonds is 4. The van der Waals surface area contributed by atoms with Gasteiger partial charge in [0.1, 0.15) is 0 Å². The third-order valence-electron chi connectivity index (χ3n) is 5.62. The van der Waals surface area contributed by atoms with E-state index < -0.39 is 0 Å². The second-order valence-corrected chi connectivity index (χ2v) is 7.07. The molecule has 1 heterocycles. The standard InChI is InChI=1S/C17H26N2O3/c20-15(9-10-19-16(21)7-8-17(19)22)18-14-6-5-12-3-1-2-4-13(12)11-14/h12-14H,1-11H2,(H,18,20)/t12-,13+,14-/m1/s1. The Bertz CT molecular complexity index is 447. The maximum atomic E-state index is 12.1. The first-order valence-electron chi connectivity index (χ1n) is 8.76. The molecule has 3 aliphatic rings. The number of fused-ring (bicyclic) bond motifs is 1. The van der Waals surface area contributed by atoms with Gasteiger partial charge in [0.25, 0.3) is 0 Å². The van der Waals surface area contributed by atoms with Crippen LogP contribution in [0.25, 0.3) is 0 Å². The van der Waals surface area contributed by atoms with Crippen molar-refractivity contribution in [3.05, 3.63) is 0 Å². The average Bonchev–Trinajstić information content (AvgIpc) is 2.84. The summed E-state index contributed by atoms with van der Waals surface area (Å²) in [4.78, 5) is 36.4. The molecule has 3 amide bonds. The van der Waals surface area contributed by atoms with Crippen molar-refractivity contribution in [1.29, 1.82) is 0 Å². The van der Waals surface area contributed by atoms with Crippen LogP contribution in [0.4, 0.5) is 0 Å². The number of carbonyl (C=O) groups excluding carboxylic acids is 3. The summed E-state index contributed by atoms with van der Waals surface area (Å²) in [5.74, 6) is 1.36. The quantitative estimate of drug-likeness (QED) is 0.808. The van der Waals surface area contributed by atoms with Crippen molar-refractivity contribution in [2.75, 3.05) is 6.54 Å². The molecule has 5 heteroatoms. The number of hydrogen-bond donors (Lipinski definition) is 1. The van der Waals surface area contributed by atoms with Crippen molar-refractivity contribution in [2.45, 2.75) is 70.3 Å². The zero-order valence-electron chi connectivity index (χ0n) is 13.2. The lowest BCUT2D eigenvalue weighted by Crippen LogP contribution is -2.43. The molecule has 2 saturated carbocycles. The van der Waals surface area contributed by atoms with Crippen molar-refractivity contribution >= 4 is 17.7 Å². The van der Waals surface area contributed by atoms with Crippen molar-refractivity contribution in [3.8, 4) is 0 Å². The zero-order valence-corrected chi connectivity index (χ0v) is 13.2. The molecule has 1 saturated heterocycles. The molecule has 0 aromatic carbocycles. The lowest BCUT2D eigenvalue weighted by atomic mass is 9.69. The fraction of sp³-hybridized carbons (Fsp3) is 0.824. The van der Waals surface area contributed by atoms with Gasteiger partial charge in [-0.2, -0.15) is 0 Å². The smallest absolute Gasteiger partial charge is 0.229 e. The van der Waals surface area contributed by atoms with Gasteiger partial charge in [0.05, 0.1) is 0 Å². The molecule has 0 aromatic heterocycles. The van der Waals surface area contributed by atoms with E-state index in [2.05, 4.69) is 5.32 Å². The molecular weight excluding hydrogens is 280 g/mol. The molecule has 0 bridgehead atoms. The molecule has 1 N–H and O–H groups in total. The van der Waals surface area contributed by atoms with Gasteiger partial charge in [-0.1, -0.05) is 25.7 Å². The highest BCUT2D eigenvalue weighted by molar-refractivity contribution is 6.02. The topological polar surface area (TPSA) is 66.5 Å². The third-order valence-corrected chi connectivity index (χ3v) is 5.62. The predicted octanol–water partition coefficient (Wildman–Crippen LogP) is 2.00. The molecule has 0 spiro atoms. The van der Waals surface area contributed by atoms with Gasteiger partial charge >= 0.3 is 0 Å². The van der Waals surface area contributed by atoms with Gasteiger partial charge in [-0.25, -0.2) is 0 Å². The van der Waals surface area contributed by atoms with Crippen LogP contribution in [-0.4, -0.2) is 35.2 Å². The highest BCUT2D eigenvalue weighted by Gasteiger charge is 2.33. The van der Waals surface area contributed by atoms with Gasteiger partial charge < -0.3 is 5.32 Å². The van der Waals surface area contributed by atoms with Gasteiger partial charge in [0.2, 0.25) is 17.7 Å². The Hall–Kier alpha value is -1.39. The Labute approximate surface area is 131 Å². The van der Waals surface area contributed by atoms with E-state index in [1.165, 1.54) is 37.0 Å². The van der Waals surface area contributed by atoms with E-state index in [0.29, 0.717) is 12.8 Å². The van der Waals surface area contributed by atoms with Crippen molar-refractivity contribution in [3.63, 3.8) is 0 Å². The summed E-state index contributed by atoms with van der Waals surface area (Å²) >= 11 is 0. The van der Waals surface area contributed by atoms with Crippen LogP contribution in [-0.2, 0) is 14.4 Å². The zero-order chi connectivity index (χ0) is 15.5. The van der Waals surface area contributed by atoms with Gasteiger partial charge in [0.15, 0.2) is 0 Å². The lowest BCUT2D eigenvalue weighted by Gasteiger charge is -2.39. The van der Waals surface area contributed by atoms with E-state index in [1.54, 1.807) is 0 Å². The maximum Gasteiger partial charge on any atom is 0.229 e. The molecule has 1 aliphatic heterocycles. The first-order chi connectivity index (χ1) is 10.6. The van der Waals surface area contributed by atoms with Crippen molar-refractivity contribution < 1.29 is 14.4 Å². The summed E-state index contributed by atoms with van der Waals surface area (Å²) in [7, 11) is 0. The Morgan fingerprint density at radius 1 is 1.00 bits per heavy atom. The first kappa shape index (κ1) is 15.5. The molecule has 0 aromatic rings. The van der Waals surface area contributed by atoms with E-state index in [-0.39, 0.29) is 36.7 Å². The summed E-state index contributed by atoms with van der Waals surface area (Å²) in [6.07, 6.45) is 9.64. The van der Waals surface area contributed by atoms with Crippen LogP contribution in [0.2, 0.25) is 0 Å². The van der Waals surface area contributed by atoms with Crippen LogP contribution in [0, 0.1) is 11.8 Å². The molecule has 3 rings (SSSR count). The summed E-state index contributed by atoms with van der Waals surface area (Å²) in [6, 6.07) is 0.289. The Morgan fingerprint density at radius 3 is 2.41 bits per heavy atom. The highest BCUT2D eigenvalue weighted by atomic mass is 16.2. The predicted molar refractivity (Wildman–Crippen MR) is 81.8 cm³/mol. The second-order valence-electron chi connectivity index (χ2n) is 7.07. The minimum Gasteiger partial charge on any atom is -0.353 e. The van der Waals surface area contributed by atoms with Gasteiger partial charge in [-0.05, 0) is 31.1 Å². The van der Waals surface area contributed by atoms with Crippen LogP contribution in [0.3, 0.4) is 0 Å². The number of nitrogens with one attached hydrogen (secondary N) is 1. The number of nitrogens with zero attached hydrogens (tertiary/aromatic N) is 1. The molecular formula is C17H26N2O3. The Balaban J connectivity index is 1.42. The molecule has 0 unspecified atom stereocenters. The largest absolute Gasteiger partial charge is 0.353 e. The van der Waals surface area contributed by atoms with E-state index in [4.69, 9.17) is 0 Å². The molecule has 5 nitrogen and oxygen atoms in total. The fourth-order valence-corrected chi connectivity index (χ4v) is 4.39. The summed E-state index contributed by atoms with van der Waals surface area (Å²) < 4.78 is 0. The monoisotopic (exact) mass is 306 g/mol. The van der Waals surface area contributed by atoms with E-state index in [1.807, 2.05) is 0 Å². The second kappa shape index (κ2) is 6.80. The minimum atomic E-state index is -0.138. The molecule has 3 atom stereocenters. The van der Waals surface area contributed by atoms with E-state index >= 15 is 0 Å². The van der Waals surface area contributed by atoms with Crippen LogP contribution in [0.1, 0.15) is 64.2 Å². The molecule has 0 radical (unpaired) electrons. The number of hydrogen-bond acceptors (Lipinski definition) is 3. The van der Waals surface area contributed by atoms with Crippen molar-refractivity contribution in [1.82, 2.24) is 10.2 Å². The minimum absolute atomic E-state index is 0.0215. The van der Waals surface area contributed by atoms with Gasteiger partial charge in [-0.3, -0.25) is 19.3 Å². The van der Waals surface area contributed by atoms with Crippen molar-refractivity contribution in [2.24, 2.45) is 11.8 Å². The van der Waals surface area contributed by atoms with Gasteiger partial charge in [0, 0.05) is 31.8 Å². The molecule has 22 heavy (non-hydrogen) atoms. The molecule has 122 valence electrons. The van der Waals surface area contributed by atoms with Crippen LogP contribution in [0.15, 0.2) is 0 Å². The average molecular weight is 306 g/mol. The Morgan fingerprint density at radius 2 is 1.68 bits per heavy atom. The summed E-state index contributed by atoms with van der Waals surface area (Å²) in [5.41, 5.74) is 0. The number of imide groups is 1. The lowest BCUT2D eigenvalue weighted by molar-refractivity contribution is -0.138. The number of amides is 3. The third kappa shape index (κ3) is 3.50. The van der Waals surface area contributed by atoms with Crippen LogP contribution >= 0.6 is 0 Å². The Kier molecular flexibility index (Phi) is 4.79. The number of carbonyl (C=O) groups is 3. The normalized spacial score (nSPS) is 32.0. The molecule has 3 fully saturated rings. The van der Waals surface area contributed by atoms with E-state index in [9.17, 15) is 14.4 Å². The number of likely N-dealkylation sites (tertiary alicyclic amines) is 1. The first-order valence-corrected chi connectivity index (χ1v) is 8.76. The summed E-state index contributed by atoms with van der Waals surface area (Å²) in [5, 5.41) is 3.12. The molecule has 2 aliphatic carbocycles. The van der Waals surface area contributed by atoms with Crippen LogP contribution in [0.5, 0.6) is 0 Å². The van der Waals surface area contributed by atoms with E-state index in [0.717, 1.165) is 24.7 Å². The fourth-order valence-electron chi connectivity index (χ4n) is 4.39. The SMILES string of the molecule is O=C(CCN1C(=O)CCC1=O)N[C@@H]1CC[C@H]2CCCC[C@H]2C1. The maximum absolute atomic E-state index is 12.1.